The zero-order chi connectivity index (χ0) is 17.0. The Balaban J connectivity index is 2.25. The molecule has 0 spiro atoms. The Bertz CT molecular complexity index is 698. The average Bonchev–Trinajstić information content (AvgIpc) is 2.86. The number of aromatic nitrogens is 3. The zero-order valence-corrected chi connectivity index (χ0v) is 14.8. The maximum atomic E-state index is 12.7. The van der Waals surface area contributed by atoms with Gasteiger partial charge in [0.2, 0.25) is 11.9 Å². The normalized spacial score (nSPS) is 12.2. The number of aryl methyl sites for hydroxylation is 2. The van der Waals surface area contributed by atoms with Crippen molar-refractivity contribution in [2.24, 2.45) is 0 Å². The van der Waals surface area contributed by atoms with Crippen molar-refractivity contribution in [2.45, 2.75) is 45.3 Å². The molecule has 2 aromatic rings. The van der Waals surface area contributed by atoms with Gasteiger partial charge in [0.15, 0.2) is 5.16 Å². The summed E-state index contributed by atoms with van der Waals surface area (Å²) in [5, 5.41) is 11.6. The number of benzene rings is 1. The standard InChI is InChI=1S/C16H23N5OS/c1-5-13(21-15(17)19-20-16(21)23-6-2)14(22)18-12-8-7-10(3)11(4)9-12/h7-9,13H,5-6H2,1-4H3,(H2,17,19)(H,18,22)/t13-/m0/s1. The fraction of sp³-hybridized carbons (Fsp3) is 0.438. The second kappa shape index (κ2) is 7.50. The molecular weight excluding hydrogens is 310 g/mol. The Hall–Kier alpha value is -2.02. The molecule has 0 aliphatic rings. The first-order valence-corrected chi connectivity index (χ1v) is 8.67. The number of nitrogen functional groups attached to an aromatic ring is 1. The number of carbonyl (C=O) groups excluding carboxylic acids is 1. The number of amides is 1. The number of thioether (sulfide) groups is 1. The third-order valence-corrected chi connectivity index (χ3v) is 4.57. The third-order valence-electron chi connectivity index (χ3n) is 3.74. The lowest BCUT2D eigenvalue weighted by atomic mass is 10.1. The van der Waals surface area contributed by atoms with Crippen LogP contribution in [0.4, 0.5) is 11.6 Å². The zero-order valence-electron chi connectivity index (χ0n) is 14.0. The fourth-order valence-corrected chi connectivity index (χ4v) is 3.06. The Morgan fingerprint density at radius 3 is 2.65 bits per heavy atom. The minimum absolute atomic E-state index is 0.111. The van der Waals surface area contributed by atoms with Crippen molar-refractivity contribution >= 4 is 29.3 Å². The van der Waals surface area contributed by atoms with Crippen LogP contribution in [0.2, 0.25) is 0 Å². The van der Waals surface area contributed by atoms with Crippen LogP contribution >= 0.6 is 11.8 Å². The van der Waals surface area contributed by atoms with E-state index in [2.05, 4.69) is 15.5 Å². The Morgan fingerprint density at radius 1 is 1.30 bits per heavy atom. The average molecular weight is 333 g/mol. The van der Waals surface area contributed by atoms with Crippen molar-refractivity contribution in [2.75, 3.05) is 16.8 Å². The molecular formula is C16H23N5OS. The highest BCUT2D eigenvalue weighted by Crippen LogP contribution is 2.26. The number of rotatable bonds is 6. The van der Waals surface area contributed by atoms with E-state index >= 15 is 0 Å². The van der Waals surface area contributed by atoms with Crippen molar-refractivity contribution in [3.63, 3.8) is 0 Å². The lowest BCUT2D eigenvalue weighted by molar-refractivity contribution is -0.119. The first-order chi connectivity index (χ1) is 11.0. The Labute approximate surface area is 140 Å². The predicted molar refractivity (Wildman–Crippen MR) is 94.7 cm³/mol. The highest BCUT2D eigenvalue weighted by atomic mass is 32.2. The van der Waals surface area contributed by atoms with Gasteiger partial charge in [-0.2, -0.15) is 0 Å². The molecule has 1 amide bonds. The number of nitrogens with zero attached hydrogens (tertiary/aromatic N) is 3. The third kappa shape index (κ3) is 3.85. The number of nitrogens with one attached hydrogen (secondary N) is 1. The van der Waals surface area contributed by atoms with Crippen LogP contribution in [0.25, 0.3) is 0 Å². The molecule has 0 bridgehead atoms. The van der Waals surface area contributed by atoms with Gasteiger partial charge in [-0.3, -0.25) is 9.36 Å². The van der Waals surface area contributed by atoms with Crippen LogP contribution in [0.3, 0.4) is 0 Å². The molecule has 0 unspecified atom stereocenters. The fourth-order valence-electron chi connectivity index (χ4n) is 2.34. The molecule has 1 aromatic heterocycles. The molecule has 0 saturated heterocycles. The summed E-state index contributed by atoms with van der Waals surface area (Å²) in [6, 6.07) is 5.44. The quantitative estimate of drug-likeness (QED) is 0.793. The van der Waals surface area contributed by atoms with Crippen LogP contribution in [0.1, 0.15) is 37.4 Å². The molecule has 124 valence electrons. The molecule has 1 atom stereocenters. The van der Waals surface area contributed by atoms with Gasteiger partial charge in [-0.1, -0.05) is 31.7 Å². The maximum absolute atomic E-state index is 12.7. The Kier molecular flexibility index (Phi) is 5.65. The summed E-state index contributed by atoms with van der Waals surface area (Å²) in [5.74, 6) is 0.996. The molecule has 7 heteroatoms. The van der Waals surface area contributed by atoms with E-state index in [1.165, 1.54) is 17.3 Å². The molecule has 0 saturated carbocycles. The smallest absolute Gasteiger partial charge is 0.247 e. The number of carbonyl (C=O) groups is 1. The van der Waals surface area contributed by atoms with E-state index < -0.39 is 6.04 Å². The van der Waals surface area contributed by atoms with Gasteiger partial charge in [0.1, 0.15) is 6.04 Å². The number of anilines is 2. The summed E-state index contributed by atoms with van der Waals surface area (Å²) < 4.78 is 1.71. The molecule has 3 N–H and O–H groups in total. The Morgan fingerprint density at radius 2 is 2.04 bits per heavy atom. The molecule has 23 heavy (non-hydrogen) atoms. The SMILES string of the molecule is CCSc1nnc(N)n1[C@@H](CC)C(=O)Nc1ccc(C)c(C)c1. The summed E-state index contributed by atoms with van der Waals surface area (Å²) in [4.78, 5) is 12.7. The van der Waals surface area contributed by atoms with Crippen molar-refractivity contribution < 1.29 is 4.79 Å². The lowest BCUT2D eigenvalue weighted by Crippen LogP contribution is -2.27. The number of hydrogen-bond acceptors (Lipinski definition) is 5. The van der Waals surface area contributed by atoms with Crippen molar-refractivity contribution in [1.82, 2.24) is 14.8 Å². The topological polar surface area (TPSA) is 85.8 Å². The van der Waals surface area contributed by atoms with E-state index in [1.54, 1.807) is 4.57 Å². The van der Waals surface area contributed by atoms with Crippen LogP contribution in [0.15, 0.2) is 23.4 Å². The second-order valence-corrected chi connectivity index (χ2v) is 6.59. The van der Waals surface area contributed by atoms with E-state index in [0.717, 1.165) is 17.0 Å². The summed E-state index contributed by atoms with van der Waals surface area (Å²) in [7, 11) is 0. The molecule has 0 aliphatic heterocycles. The minimum Gasteiger partial charge on any atom is -0.368 e. The molecule has 6 nitrogen and oxygen atoms in total. The summed E-state index contributed by atoms with van der Waals surface area (Å²) >= 11 is 1.52. The molecule has 2 rings (SSSR count). The predicted octanol–water partition coefficient (Wildman–Crippen LogP) is 3.18. The summed E-state index contributed by atoms with van der Waals surface area (Å²) in [6.07, 6.45) is 0.607. The van der Waals surface area contributed by atoms with Gasteiger partial charge in [0.05, 0.1) is 0 Å². The highest BCUT2D eigenvalue weighted by Gasteiger charge is 2.24. The van der Waals surface area contributed by atoms with Gasteiger partial charge in [-0.25, -0.2) is 0 Å². The van der Waals surface area contributed by atoms with Gasteiger partial charge in [0, 0.05) is 5.69 Å². The first-order valence-electron chi connectivity index (χ1n) is 7.69. The molecule has 0 fully saturated rings. The van der Waals surface area contributed by atoms with Crippen LogP contribution in [-0.2, 0) is 4.79 Å². The summed E-state index contributed by atoms with van der Waals surface area (Å²) in [6.45, 7) is 8.04. The van der Waals surface area contributed by atoms with E-state index in [0.29, 0.717) is 11.6 Å². The summed E-state index contributed by atoms with van der Waals surface area (Å²) in [5.41, 5.74) is 9.04. The van der Waals surface area contributed by atoms with Gasteiger partial charge >= 0.3 is 0 Å². The van der Waals surface area contributed by atoms with Crippen molar-refractivity contribution in [3.05, 3.63) is 29.3 Å². The largest absolute Gasteiger partial charge is 0.368 e. The van der Waals surface area contributed by atoms with E-state index in [9.17, 15) is 4.79 Å². The van der Waals surface area contributed by atoms with Gasteiger partial charge < -0.3 is 11.1 Å². The van der Waals surface area contributed by atoms with Gasteiger partial charge in [-0.15, -0.1) is 10.2 Å². The van der Waals surface area contributed by atoms with E-state index in [1.807, 2.05) is 45.9 Å². The van der Waals surface area contributed by atoms with Crippen LogP contribution in [0, 0.1) is 13.8 Å². The van der Waals surface area contributed by atoms with Crippen molar-refractivity contribution in [3.8, 4) is 0 Å². The highest BCUT2D eigenvalue weighted by molar-refractivity contribution is 7.99. The minimum atomic E-state index is -0.430. The van der Waals surface area contributed by atoms with Crippen LogP contribution in [0.5, 0.6) is 0 Å². The lowest BCUT2D eigenvalue weighted by Gasteiger charge is -2.19. The molecule has 1 aromatic carbocycles. The number of hydrogen-bond donors (Lipinski definition) is 2. The van der Waals surface area contributed by atoms with E-state index in [4.69, 9.17) is 5.73 Å². The maximum Gasteiger partial charge on any atom is 0.247 e. The van der Waals surface area contributed by atoms with Crippen molar-refractivity contribution in [1.29, 1.82) is 0 Å². The second-order valence-electron chi connectivity index (χ2n) is 5.36. The van der Waals surface area contributed by atoms with Crippen LogP contribution < -0.4 is 11.1 Å². The molecule has 0 radical (unpaired) electrons. The van der Waals surface area contributed by atoms with E-state index in [-0.39, 0.29) is 11.9 Å². The van der Waals surface area contributed by atoms with Gasteiger partial charge in [-0.05, 0) is 49.3 Å². The number of nitrogens with two attached hydrogens (primary N) is 1. The monoisotopic (exact) mass is 333 g/mol. The molecule has 1 heterocycles. The van der Waals surface area contributed by atoms with Gasteiger partial charge in [0.25, 0.3) is 0 Å². The van der Waals surface area contributed by atoms with Crippen LogP contribution in [-0.4, -0.2) is 26.4 Å². The first kappa shape index (κ1) is 17.3. The molecule has 0 aliphatic carbocycles.